The third-order valence-corrected chi connectivity index (χ3v) is 2.21. The molecule has 0 atom stereocenters. The van der Waals surface area contributed by atoms with Crippen molar-refractivity contribution in [1.29, 1.82) is 0 Å². The number of ketones is 1. The van der Waals surface area contributed by atoms with E-state index in [0.29, 0.717) is 11.3 Å². The number of carbonyl (C=O) groups is 1. The van der Waals surface area contributed by atoms with Crippen molar-refractivity contribution in [1.82, 2.24) is 0 Å². The van der Waals surface area contributed by atoms with Crippen molar-refractivity contribution in [2.45, 2.75) is 26.9 Å². The average molecular weight is 218 g/mol. The van der Waals surface area contributed by atoms with E-state index in [1.54, 1.807) is 6.07 Å². The Morgan fingerprint density at radius 2 is 2.06 bits per heavy atom. The first-order valence-electron chi connectivity index (χ1n) is 5.27. The van der Waals surface area contributed by atoms with Gasteiger partial charge in [0.1, 0.15) is 11.3 Å². The first-order chi connectivity index (χ1) is 7.56. The van der Waals surface area contributed by atoms with Crippen LogP contribution >= 0.6 is 0 Å². The summed E-state index contributed by atoms with van der Waals surface area (Å²) in [5, 5.41) is 0.892. The van der Waals surface area contributed by atoms with Crippen LogP contribution in [0.3, 0.4) is 0 Å². The highest BCUT2D eigenvalue weighted by Gasteiger charge is 2.08. The van der Waals surface area contributed by atoms with E-state index in [0.717, 1.165) is 11.1 Å². The number of furan rings is 1. The molecule has 0 amide bonds. The summed E-state index contributed by atoms with van der Waals surface area (Å²) in [6.07, 6.45) is 0.136. The Kier molecular flexibility index (Phi) is 2.69. The van der Waals surface area contributed by atoms with E-state index < -0.39 is 0 Å². The molecule has 3 heteroatoms. The van der Waals surface area contributed by atoms with E-state index >= 15 is 0 Å². The fraction of sp³-hybridized carbons (Fsp3) is 0.308. The van der Waals surface area contributed by atoms with Gasteiger partial charge in [-0.15, -0.1) is 0 Å². The van der Waals surface area contributed by atoms with Crippen LogP contribution in [-0.2, 0) is 0 Å². The molecule has 0 N–H and O–H groups in total. The lowest BCUT2D eigenvalue weighted by Gasteiger charge is -2.08. The van der Waals surface area contributed by atoms with Gasteiger partial charge in [-0.05, 0) is 38.1 Å². The fourth-order valence-electron chi connectivity index (χ4n) is 1.54. The van der Waals surface area contributed by atoms with Crippen molar-refractivity contribution in [3.05, 3.63) is 30.0 Å². The molecule has 0 aliphatic heterocycles. The molecule has 2 aromatic rings. The number of ether oxygens (including phenoxy) is 1. The molecule has 0 aliphatic rings. The zero-order chi connectivity index (χ0) is 11.7. The van der Waals surface area contributed by atoms with Gasteiger partial charge >= 0.3 is 0 Å². The van der Waals surface area contributed by atoms with E-state index in [2.05, 4.69) is 0 Å². The van der Waals surface area contributed by atoms with E-state index in [-0.39, 0.29) is 11.9 Å². The van der Waals surface area contributed by atoms with Gasteiger partial charge in [-0.2, -0.15) is 0 Å². The molecule has 0 saturated heterocycles. The Hall–Kier alpha value is -1.77. The highest BCUT2D eigenvalue weighted by atomic mass is 16.5. The SMILES string of the molecule is CC(=O)c1cc2cc(OC(C)C)ccc2o1. The van der Waals surface area contributed by atoms with Gasteiger partial charge in [0.05, 0.1) is 6.10 Å². The normalized spacial score (nSPS) is 11.0. The quantitative estimate of drug-likeness (QED) is 0.741. The molecule has 2 rings (SSSR count). The fourth-order valence-corrected chi connectivity index (χ4v) is 1.54. The van der Waals surface area contributed by atoms with Gasteiger partial charge in [0, 0.05) is 12.3 Å². The molecule has 84 valence electrons. The molecule has 1 heterocycles. The molecule has 0 unspecified atom stereocenters. The number of hydrogen-bond donors (Lipinski definition) is 0. The summed E-state index contributed by atoms with van der Waals surface area (Å²) in [6.45, 7) is 5.43. The van der Waals surface area contributed by atoms with Crippen molar-refractivity contribution in [2.24, 2.45) is 0 Å². The van der Waals surface area contributed by atoms with Crippen LogP contribution in [0.25, 0.3) is 11.0 Å². The van der Waals surface area contributed by atoms with Crippen molar-refractivity contribution in [2.75, 3.05) is 0 Å². The van der Waals surface area contributed by atoms with Crippen molar-refractivity contribution in [3.8, 4) is 5.75 Å². The summed E-state index contributed by atoms with van der Waals surface area (Å²) in [4.78, 5) is 11.2. The molecule has 3 nitrogen and oxygen atoms in total. The van der Waals surface area contributed by atoms with Gasteiger partial charge in [0.2, 0.25) is 0 Å². The monoisotopic (exact) mass is 218 g/mol. The smallest absolute Gasteiger partial charge is 0.194 e. The third-order valence-electron chi connectivity index (χ3n) is 2.21. The minimum Gasteiger partial charge on any atom is -0.491 e. The Labute approximate surface area is 94.0 Å². The summed E-state index contributed by atoms with van der Waals surface area (Å²) in [6, 6.07) is 7.28. The van der Waals surface area contributed by atoms with Gasteiger partial charge in [0.25, 0.3) is 0 Å². The second kappa shape index (κ2) is 4.00. The molecular formula is C13H14O3. The molecule has 0 radical (unpaired) electrons. The maximum absolute atomic E-state index is 11.2. The molecule has 0 bridgehead atoms. The van der Waals surface area contributed by atoms with E-state index in [1.807, 2.05) is 32.0 Å². The number of Topliss-reactive ketones (excluding diaryl/α,β-unsaturated/α-hetero) is 1. The van der Waals surface area contributed by atoms with Crippen LogP contribution in [0, 0.1) is 0 Å². The Morgan fingerprint density at radius 1 is 1.31 bits per heavy atom. The number of benzene rings is 1. The summed E-state index contributed by atoms with van der Waals surface area (Å²) in [5.74, 6) is 1.11. The van der Waals surface area contributed by atoms with Gasteiger partial charge < -0.3 is 9.15 Å². The second-order valence-electron chi connectivity index (χ2n) is 4.03. The Morgan fingerprint density at radius 3 is 2.69 bits per heavy atom. The summed E-state index contributed by atoms with van der Waals surface area (Å²) < 4.78 is 10.9. The first kappa shape index (κ1) is 10.7. The number of fused-ring (bicyclic) bond motifs is 1. The Balaban J connectivity index is 2.41. The average Bonchev–Trinajstić information content (AvgIpc) is 2.59. The lowest BCUT2D eigenvalue weighted by atomic mass is 10.2. The molecule has 1 aromatic heterocycles. The molecule has 16 heavy (non-hydrogen) atoms. The van der Waals surface area contributed by atoms with Crippen LogP contribution in [0.2, 0.25) is 0 Å². The van der Waals surface area contributed by atoms with Crippen molar-refractivity contribution in [3.63, 3.8) is 0 Å². The molecule has 0 fully saturated rings. The van der Waals surface area contributed by atoms with Crippen molar-refractivity contribution < 1.29 is 13.9 Å². The molecule has 0 spiro atoms. The van der Waals surface area contributed by atoms with Crippen LogP contribution in [0.15, 0.2) is 28.7 Å². The zero-order valence-electron chi connectivity index (χ0n) is 9.61. The summed E-state index contributed by atoms with van der Waals surface area (Å²) in [7, 11) is 0. The minimum absolute atomic E-state index is 0.0671. The maximum atomic E-state index is 11.2. The highest BCUT2D eigenvalue weighted by molar-refractivity contribution is 5.96. The predicted octanol–water partition coefficient (Wildman–Crippen LogP) is 3.42. The van der Waals surface area contributed by atoms with Gasteiger partial charge in [-0.25, -0.2) is 0 Å². The third kappa shape index (κ3) is 2.08. The molecule has 0 aliphatic carbocycles. The van der Waals surface area contributed by atoms with Gasteiger partial charge in [0.15, 0.2) is 11.5 Å². The van der Waals surface area contributed by atoms with Crippen LogP contribution in [0.4, 0.5) is 0 Å². The number of hydrogen-bond acceptors (Lipinski definition) is 3. The topological polar surface area (TPSA) is 39.4 Å². The van der Waals surface area contributed by atoms with Crippen molar-refractivity contribution >= 4 is 16.8 Å². The maximum Gasteiger partial charge on any atom is 0.194 e. The standard InChI is InChI=1S/C13H14O3/c1-8(2)15-11-4-5-12-10(6-11)7-13(16-12)9(3)14/h4-8H,1-3H3. The largest absolute Gasteiger partial charge is 0.491 e. The number of carbonyl (C=O) groups excluding carboxylic acids is 1. The van der Waals surface area contributed by atoms with E-state index in [4.69, 9.17) is 9.15 Å². The first-order valence-corrected chi connectivity index (χ1v) is 5.27. The van der Waals surface area contributed by atoms with E-state index in [9.17, 15) is 4.79 Å². The molecule has 1 aromatic carbocycles. The van der Waals surface area contributed by atoms with Crippen LogP contribution in [0.1, 0.15) is 31.3 Å². The van der Waals surface area contributed by atoms with Crippen LogP contribution < -0.4 is 4.74 Å². The second-order valence-corrected chi connectivity index (χ2v) is 4.03. The minimum atomic E-state index is -0.0671. The zero-order valence-corrected chi connectivity index (χ0v) is 9.61. The molecule has 0 saturated carbocycles. The lowest BCUT2D eigenvalue weighted by molar-refractivity contribution is 0.0989. The van der Waals surface area contributed by atoms with Gasteiger partial charge in [-0.3, -0.25) is 4.79 Å². The molecular weight excluding hydrogens is 204 g/mol. The van der Waals surface area contributed by atoms with Gasteiger partial charge in [-0.1, -0.05) is 0 Å². The number of rotatable bonds is 3. The van der Waals surface area contributed by atoms with E-state index in [1.165, 1.54) is 6.92 Å². The lowest BCUT2D eigenvalue weighted by Crippen LogP contribution is -2.04. The Bertz CT molecular complexity index is 523. The summed E-state index contributed by atoms with van der Waals surface area (Å²) in [5.41, 5.74) is 0.710. The van der Waals surface area contributed by atoms with Crippen LogP contribution in [-0.4, -0.2) is 11.9 Å². The predicted molar refractivity (Wildman–Crippen MR) is 62.0 cm³/mol. The summed E-state index contributed by atoms with van der Waals surface area (Å²) >= 11 is 0. The highest BCUT2D eigenvalue weighted by Crippen LogP contribution is 2.25. The van der Waals surface area contributed by atoms with Crippen LogP contribution in [0.5, 0.6) is 5.75 Å².